The molecule has 110 valence electrons. The van der Waals surface area contributed by atoms with E-state index in [0.29, 0.717) is 6.61 Å². The van der Waals surface area contributed by atoms with Crippen molar-refractivity contribution in [2.75, 3.05) is 13.2 Å². The maximum absolute atomic E-state index is 11.8. The zero-order valence-electron chi connectivity index (χ0n) is 12.1. The van der Waals surface area contributed by atoms with Crippen molar-refractivity contribution < 1.29 is 19.1 Å². The summed E-state index contributed by atoms with van der Waals surface area (Å²) in [5.41, 5.74) is 0.248. The van der Waals surface area contributed by atoms with Crippen LogP contribution in [0.25, 0.3) is 0 Å². The first-order valence-corrected chi connectivity index (χ1v) is 7.00. The van der Waals surface area contributed by atoms with Crippen molar-refractivity contribution in [3.05, 3.63) is 29.6 Å². The summed E-state index contributed by atoms with van der Waals surface area (Å²) in [5, 5.41) is 0. The smallest absolute Gasteiger partial charge is 0.356 e. The summed E-state index contributed by atoms with van der Waals surface area (Å²) in [6.45, 7) is 4.49. The van der Waals surface area contributed by atoms with Crippen molar-refractivity contribution in [2.24, 2.45) is 0 Å². The lowest BCUT2D eigenvalue weighted by molar-refractivity contribution is 0.0488. The third-order valence-corrected chi connectivity index (χ3v) is 2.67. The molecule has 0 aromatic carbocycles. The molecule has 0 radical (unpaired) electrons. The predicted octanol–water partition coefficient (Wildman–Crippen LogP) is 3.00. The van der Waals surface area contributed by atoms with Crippen LogP contribution in [-0.2, 0) is 9.47 Å². The fourth-order valence-corrected chi connectivity index (χ4v) is 1.63. The maximum Gasteiger partial charge on any atom is 0.356 e. The zero-order chi connectivity index (χ0) is 14.8. The highest BCUT2D eigenvalue weighted by molar-refractivity contribution is 5.91. The fourth-order valence-electron chi connectivity index (χ4n) is 1.63. The van der Waals surface area contributed by atoms with Gasteiger partial charge in [-0.1, -0.05) is 32.3 Å². The quantitative estimate of drug-likeness (QED) is 0.540. The number of aromatic nitrogens is 1. The Morgan fingerprint density at radius 2 is 1.65 bits per heavy atom. The van der Waals surface area contributed by atoms with Crippen LogP contribution >= 0.6 is 0 Å². The maximum atomic E-state index is 11.8. The predicted molar refractivity (Wildman–Crippen MR) is 74.6 cm³/mol. The standard InChI is InChI=1S/C15H21NO4/c1-3-5-6-7-11-20-15(18)13-10-8-9-12(16-13)14(17)19-4-2/h8-10H,3-7,11H2,1-2H3. The second-order valence-corrected chi connectivity index (χ2v) is 4.33. The van der Waals surface area contributed by atoms with Gasteiger partial charge in [0.2, 0.25) is 0 Å². The lowest BCUT2D eigenvalue weighted by Crippen LogP contribution is -2.13. The minimum Gasteiger partial charge on any atom is -0.461 e. The first kappa shape index (κ1) is 16.1. The SMILES string of the molecule is CCCCCCOC(=O)c1cccc(C(=O)OCC)n1. The van der Waals surface area contributed by atoms with Crippen LogP contribution in [0.2, 0.25) is 0 Å². The number of nitrogens with zero attached hydrogens (tertiary/aromatic N) is 1. The number of ether oxygens (including phenoxy) is 2. The average Bonchev–Trinajstić information content (AvgIpc) is 2.47. The first-order chi connectivity index (χ1) is 9.69. The van der Waals surface area contributed by atoms with Gasteiger partial charge < -0.3 is 9.47 Å². The van der Waals surface area contributed by atoms with Gasteiger partial charge in [0.05, 0.1) is 13.2 Å². The molecule has 1 heterocycles. The lowest BCUT2D eigenvalue weighted by atomic mass is 10.2. The van der Waals surface area contributed by atoms with Crippen LogP contribution in [0, 0.1) is 0 Å². The van der Waals surface area contributed by atoms with E-state index in [1.807, 2.05) is 0 Å². The topological polar surface area (TPSA) is 65.5 Å². The minimum absolute atomic E-state index is 0.118. The molecule has 0 bridgehead atoms. The molecule has 0 N–H and O–H groups in total. The number of esters is 2. The van der Waals surface area contributed by atoms with Gasteiger partial charge in [0.25, 0.3) is 0 Å². The molecule has 0 amide bonds. The number of rotatable bonds is 8. The van der Waals surface area contributed by atoms with Crippen molar-refractivity contribution in [2.45, 2.75) is 39.5 Å². The van der Waals surface area contributed by atoms with Gasteiger partial charge in [0, 0.05) is 0 Å². The number of carbonyl (C=O) groups excluding carboxylic acids is 2. The molecule has 0 aliphatic heterocycles. The molecular formula is C15H21NO4. The van der Waals surface area contributed by atoms with E-state index in [0.717, 1.165) is 25.7 Å². The molecule has 1 rings (SSSR count). The van der Waals surface area contributed by atoms with E-state index in [9.17, 15) is 9.59 Å². The summed E-state index contributed by atoms with van der Waals surface area (Å²) in [5.74, 6) is -1.04. The number of unbranched alkanes of at least 4 members (excludes halogenated alkanes) is 3. The molecule has 5 nitrogen and oxygen atoms in total. The Labute approximate surface area is 119 Å². The van der Waals surface area contributed by atoms with Gasteiger partial charge in [-0.15, -0.1) is 0 Å². The Balaban J connectivity index is 2.51. The van der Waals surface area contributed by atoms with Gasteiger partial charge in [-0.2, -0.15) is 0 Å². The van der Waals surface area contributed by atoms with Gasteiger partial charge in [-0.3, -0.25) is 0 Å². The van der Waals surface area contributed by atoms with Gasteiger partial charge in [-0.25, -0.2) is 14.6 Å². The van der Waals surface area contributed by atoms with E-state index < -0.39 is 11.9 Å². The molecule has 0 aliphatic rings. The Morgan fingerprint density at radius 1 is 1.00 bits per heavy atom. The Hall–Kier alpha value is -1.91. The van der Waals surface area contributed by atoms with E-state index in [1.165, 1.54) is 12.1 Å². The van der Waals surface area contributed by atoms with E-state index >= 15 is 0 Å². The van der Waals surface area contributed by atoms with Gasteiger partial charge >= 0.3 is 11.9 Å². The monoisotopic (exact) mass is 279 g/mol. The molecule has 0 spiro atoms. The van der Waals surface area contributed by atoms with Crippen LogP contribution in [0.5, 0.6) is 0 Å². The number of hydrogen-bond donors (Lipinski definition) is 0. The van der Waals surface area contributed by atoms with E-state index in [-0.39, 0.29) is 18.0 Å². The van der Waals surface area contributed by atoms with Crippen LogP contribution in [-0.4, -0.2) is 30.1 Å². The number of carbonyl (C=O) groups is 2. The number of hydrogen-bond acceptors (Lipinski definition) is 5. The molecule has 0 aliphatic carbocycles. The summed E-state index contributed by atoms with van der Waals surface area (Å²) in [6, 6.07) is 4.63. The Morgan fingerprint density at radius 3 is 2.25 bits per heavy atom. The summed E-state index contributed by atoms with van der Waals surface area (Å²) >= 11 is 0. The highest BCUT2D eigenvalue weighted by Crippen LogP contribution is 2.05. The van der Waals surface area contributed by atoms with Crippen LogP contribution in [0.1, 0.15) is 60.5 Å². The second-order valence-electron chi connectivity index (χ2n) is 4.33. The minimum atomic E-state index is -0.537. The van der Waals surface area contributed by atoms with E-state index in [1.54, 1.807) is 13.0 Å². The van der Waals surface area contributed by atoms with Crippen molar-refractivity contribution >= 4 is 11.9 Å². The molecule has 0 saturated heterocycles. The van der Waals surface area contributed by atoms with Crippen LogP contribution in [0.3, 0.4) is 0 Å². The highest BCUT2D eigenvalue weighted by atomic mass is 16.5. The first-order valence-electron chi connectivity index (χ1n) is 7.00. The Kier molecular flexibility index (Phi) is 7.32. The summed E-state index contributed by atoms with van der Waals surface area (Å²) in [4.78, 5) is 27.2. The molecule has 1 aromatic rings. The normalized spacial score (nSPS) is 10.1. The third kappa shape index (κ3) is 5.38. The highest BCUT2D eigenvalue weighted by Gasteiger charge is 2.13. The van der Waals surface area contributed by atoms with Crippen molar-refractivity contribution in [3.8, 4) is 0 Å². The van der Waals surface area contributed by atoms with Gasteiger partial charge in [0.1, 0.15) is 11.4 Å². The van der Waals surface area contributed by atoms with Crippen molar-refractivity contribution in [1.82, 2.24) is 4.98 Å². The largest absolute Gasteiger partial charge is 0.461 e. The molecule has 20 heavy (non-hydrogen) atoms. The van der Waals surface area contributed by atoms with Crippen LogP contribution in [0.4, 0.5) is 0 Å². The van der Waals surface area contributed by atoms with Gasteiger partial charge in [-0.05, 0) is 25.5 Å². The summed E-state index contributed by atoms with van der Waals surface area (Å²) in [7, 11) is 0. The molecule has 1 aromatic heterocycles. The van der Waals surface area contributed by atoms with E-state index in [4.69, 9.17) is 9.47 Å². The van der Waals surface area contributed by atoms with Gasteiger partial charge in [0.15, 0.2) is 0 Å². The van der Waals surface area contributed by atoms with Crippen LogP contribution < -0.4 is 0 Å². The van der Waals surface area contributed by atoms with E-state index in [2.05, 4.69) is 11.9 Å². The Bertz CT molecular complexity index is 445. The molecule has 0 fully saturated rings. The fraction of sp³-hybridized carbons (Fsp3) is 0.533. The summed E-state index contributed by atoms with van der Waals surface area (Å²) in [6.07, 6.45) is 4.16. The van der Waals surface area contributed by atoms with Crippen LogP contribution in [0.15, 0.2) is 18.2 Å². The second kappa shape index (κ2) is 9.07. The zero-order valence-corrected chi connectivity index (χ0v) is 12.1. The average molecular weight is 279 g/mol. The summed E-state index contributed by atoms with van der Waals surface area (Å²) < 4.78 is 9.95. The molecular weight excluding hydrogens is 258 g/mol. The molecule has 0 saturated carbocycles. The lowest BCUT2D eigenvalue weighted by Gasteiger charge is -2.05. The third-order valence-electron chi connectivity index (χ3n) is 2.67. The number of pyridine rings is 1. The molecule has 0 atom stereocenters. The molecule has 0 unspecified atom stereocenters. The van der Waals surface area contributed by atoms with Crippen molar-refractivity contribution in [1.29, 1.82) is 0 Å². The van der Waals surface area contributed by atoms with Crippen molar-refractivity contribution in [3.63, 3.8) is 0 Å². The molecule has 5 heteroatoms.